The van der Waals surface area contributed by atoms with E-state index < -0.39 is 22.0 Å². The van der Waals surface area contributed by atoms with E-state index in [-0.39, 0.29) is 11.4 Å². The van der Waals surface area contributed by atoms with Crippen LogP contribution in [-0.4, -0.2) is 33.9 Å². The maximum Gasteiger partial charge on any atom is 0.312 e. The molecule has 9 heteroatoms. The van der Waals surface area contributed by atoms with Crippen LogP contribution < -0.4 is 21.1 Å². The molecule has 0 aliphatic carbocycles. The number of primary amides is 1. The minimum Gasteiger partial charge on any atom is -0.352 e. The zero-order valence-electron chi connectivity index (χ0n) is 11.1. The first-order valence-corrected chi connectivity index (χ1v) is 7.12. The van der Waals surface area contributed by atoms with E-state index in [1.54, 1.807) is 19.1 Å². The molecule has 8 nitrogen and oxygen atoms in total. The van der Waals surface area contributed by atoms with Crippen LogP contribution in [-0.2, 0) is 14.8 Å². The van der Waals surface area contributed by atoms with Crippen molar-refractivity contribution in [3.63, 3.8) is 0 Å². The molecule has 1 rings (SSSR count). The van der Waals surface area contributed by atoms with Gasteiger partial charge < -0.3 is 16.4 Å². The Bertz CT molecular complexity index is 627. The van der Waals surface area contributed by atoms with E-state index in [1.807, 2.05) is 0 Å². The molecule has 0 saturated heterocycles. The van der Waals surface area contributed by atoms with Crippen molar-refractivity contribution < 1.29 is 18.0 Å². The number of rotatable bonds is 5. The SMILES string of the molecule is CNS(=O)(=O)c1cc(NC(=O)CNC(N)=O)ccc1C. The zero-order valence-corrected chi connectivity index (χ0v) is 11.9. The van der Waals surface area contributed by atoms with E-state index >= 15 is 0 Å². The van der Waals surface area contributed by atoms with Crippen molar-refractivity contribution in [1.29, 1.82) is 0 Å². The predicted octanol–water partition coefficient (Wildman–Crippen LogP) is -0.490. The van der Waals surface area contributed by atoms with Gasteiger partial charge in [0, 0.05) is 5.69 Å². The van der Waals surface area contributed by atoms with Crippen molar-refractivity contribution in [2.45, 2.75) is 11.8 Å². The number of carbonyl (C=O) groups excluding carboxylic acids is 2. The van der Waals surface area contributed by atoms with Gasteiger partial charge in [0.15, 0.2) is 0 Å². The largest absolute Gasteiger partial charge is 0.352 e. The molecule has 110 valence electrons. The highest BCUT2D eigenvalue weighted by molar-refractivity contribution is 7.89. The zero-order chi connectivity index (χ0) is 15.3. The van der Waals surface area contributed by atoms with Gasteiger partial charge in [0.05, 0.1) is 11.4 Å². The third kappa shape index (κ3) is 4.21. The summed E-state index contributed by atoms with van der Waals surface area (Å²) in [5.41, 5.74) is 5.69. The Morgan fingerprint density at radius 3 is 2.50 bits per heavy atom. The summed E-state index contributed by atoms with van der Waals surface area (Å²) < 4.78 is 25.8. The number of benzene rings is 1. The summed E-state index contributed by atoms with van der Waals surface area (Å²) in [6, 6.07) is 3.65. The fraction of sp³-hybridized carbons (Fsp3) is 0.273. The molecular weight excluding hydrogens is 284 g/mol. The van der Waals surface area contributed by atoms with Crippen LogP contribution in [0.15, 0.2) is 23.1 Å². The van der Waals surface area contributed by atoms with Gasteiger partial charge in [-0.25, -0.2) is 17.9 Å². The van der Waals surface area contributed by atoms with Crippen LogP contribution in [0.3, 0.4) is 0 Å². The monoisotopic (exact) mass is 300 g/mol. The van der Waals surface area contributed by atoms with Gasteiger partial charge in [-0.15, -0.1) is 0 Å². The van der Waals surface area contributed by atoms with Crippen molar-refractivity contribution in [2.24, 2.45) is 5.73 Å². The van der Waals surface area contributed by atoms with Gasteiger partial charge >= 0.3 is 6.03 Å². The molecule has 1 aromatic rings. The molecule has 5 N–H and O–H groups in total. The Morgan fingerprint density at radius 1 is 1.30 bits per heavy atom. The Balaban J connectivity index is 2.91. The van der Waals surface area contributed by atoms with E-state index in [2.05, 4.69) is 15.4 Å². The number of hydrogen-bond donors (Lipinski definition) is 4. The van der Waals surface area contributed by atoms with Crippen LogP contribution in [0.25, 0.3) is 0 Å². The second-order valence-corrected chi connectivity index (χ2v) is 5.81. The van der Waals surface area contributed by atoms with Crippen molar-refractivity contribution in [3.05, 3.63) is 23.8 Å². The fourth-order valence-electron chi connectivity index (χ4n) is 1.45. The minimum absolute atomic E-state index is 0.0701. The second-order valence-electron chi connectivity index (χ2n) is 3.95. The van der Waals surface area contributed by atoms with Gasteiger partial charge in [-0.2, -0.15) is 0 Å². The third-order valence-electron chi connectivity index (χ3n) is 2.45. The number of anilines is 1. The Morgan fingerprint density at radius 2 is 1.95 bits per heavy atom. The van der Waals surface area contributed by atoms with Crippen molar-refractivity contribution in [1.82, 2.24) is 10.0 Å². The quantitative estimate of drug-likeness (QED) is 0.584. The molecule has 1 aromatic carbocycles. The summed E-state index contributed by atoms with van der Waals surface area (Å²) in [6.45, 7) is 1.35. The second kappa shape index (κ2) is 6.35. The topological polar surface area (TPSA) is 130 Å². The van der Waals surface area contributed by atoms with Crippen molar-refractivity contribution in [2.75, 3.05) is 18.9 Å². The fourth-order valence-corrected chi connectivity index (χ4v) is 2.44. The molecule has 0 radical (unpaired) electrons. The summed E-state index contributed by atoms with van der Waals surface area (Å²) >= 11 is 0. The molecule has 0 atom stereocenters. The summed E-state index contributed by atoms with van der Waals surface area (Å²) in [6.07, 6.45) is 0. The highest BCUT2D eigenvalue weighted by Crippen LogP contribution is 2.19. The molecule has 0 aliphatic heterocycles. The van der Waals surface area contributed by atoms with E-state index in [9.17, 15) is 18.0 Å². The molecule has 0 heterocycles. The number of nitrogens with two attached hydrogens (primary N) is 1. The normalized spacial score (nSPS) is 10.9. The lowest BCUT2D eigenvalue weighted by Crippen LogP contribution is -2.36. The molecule has 0 aromatic heterocycles. The average molecular weight is 300 g/mol. The number of carbonyl (C=O) groups is 2. The number of sulfonamides is 1. The molecule has 0 fully saturated rings. The van der Waals surface area contributed by atoms with Crippen molar-refractivity contribution >= 4 is 27.6 Å². The van der Waals surface area contributed by atoms with E-state index in [4.69, 9.17) is 5.73 Å². The first-order valence-electron chi connectivity index (χ1n) is 5.63. The van der Waals surface area contributed by atoms with Crippen LogP contribution in [0.2, 0.25) is 0 Å². The highest BCUT2D eigenvalue weighted by atomic mass is 32.2. The summed E-state index contributed by atoms with van der Waals surface area (Å²) in [5.74, 6) is -0.513. The minimum atomic E-state index is -3.60. The number of nitrogens with one attached hydrogen (secondary N) is 3. The Labute approximate surface area is 116 Å². The highest BCUT2D eigenvalue weighted by Gasteiger charge is 2.15. The van der Waals surface area contributed by atoms with Gasteiger partial charge in [0.25, 0.3) is 0 Å². The molecule has 0 aliphatic rings. The summed E-state index contributed by atoms with van der Waals surface area (Å²) in [5, 5.41) is 4.59. The molecule has 20 heavy (non-hydrogen) atoms. The van der Waals surface area contributed by atoms with Gasteiger partial charge in [-0.1, -0.05) is 6.07 Å². The molecule has 0 unspecified atom stereocenters. The van der Waals surface area contributed by atoms with Crippen molar-refractivity contribution in [3.8, 4) is 0 Å². The Hall–Kier alpha value is -2.13. The average Bonchev–Trinajstić information content (AvgIpc) is 2.38. The van der Waals surface area contributed by atoms with Crippen LogP contribution >= 0.6 is 0 Å². The molecule has 0 spiro atoms. The lowest BCUT2D eigenvalue weighted by atomic mass is 10.2. The smallest absolute Gasteiger partial charge is 0.312 e. The number of aryl methyl sites for hydroxylation is 1. The lowest BCUT2D eigenvalue weighted by Gasteiger charge is -2.10. The van der Waals surface area contributed by atoms with Crippen LogP contribution in [0.1, 0.15) is 5.56 Å². The number of amides is 3. The standard InChI is InChI=1S/C11H16N4O4S/c1-7-3-4-8(5-9(7)20(18,19)13-2)15-10(16)6-14-11(12)17/h3-5,13H,6H2,1-2H3,(H,15,16)(H3,12,14,17). The predicted molar refractivity (Wildman–Crippen MR) is 73.6 cm³/mol. The molecular formula is C11H16N4O4S. The maximum absolute atomic E-state index is 11.8. The van der Waals surface area contributed by atoms with Gasteiger partial charge in [0.2, 0.25) is 15.9 Å². The molecule has 0 saturated carbocycles. The third-order valence-corrected chi connectivity index (χ3v) is 4.01. The maximum atomic E-state index is 11.8. The molecule has 0 bridgehead atoms. The van der Waals surface area contributed by atoms with Gasteiger partial charge in [-0.3, -0.25) is 4.79 Å². The summed E-state index contributed by atoms with van der Waals surface area (Å²) in [4.78, 5) is 22.0. The van der Waals surface area contributed by atoms with E-state index in [0.717, 1.165) is 0 Å². The Kier molecular flexibility index (Phi) is 5.06. The van der Waals surface area contributed by atoms with E-state index in [1.165, 1.54) is 13.1 Å². The number of hydrogen-bond acceptors (Lipinski definition) is 4. The van der Waals surface area contributed by atoms with E-state index in [0.29, 0.717) is 11.3 Å². The van der Waals surface area contributed by atoms with Gasteiger partial charge in [-0.05, 0) is 31.7 Å². The first-order chi connectivity index (χ1) is 9.26. The lowest BCUT2D eigenvalue weighted by molar-refractivity contribution is -0.115. The molecule has 3 amide bonds. The van der Waals surface area contributed by atoms with Crippen LogP contribution in [0, 0.1) is 6.92 Å². The number of urea groups is 1. The van der Waals surface area contributed by atoms with Crippen LogP contribution in [0.4, 0.5) is 10.5 Å². The van der Waals surface area contributed by atoms with Crippen LogP contribution in [0.5, 0.6) is 0 Å². The summed E-state index contributed by atoms with van der Waals surface area (Å²) in [7, 11) is -2.30. The van der Waals surface area contributed by atoms with Gasteiger partial charge in [0.1, 0.15) is 0 Å². The first kappa shape index (κ1) is 15.9.